The predicted octanol–water partition coefficient (Wildman–Crippen LogP) is -2.29. The van der Waals surface area contributed by atoms with Crippen LogP contribution in [0.15, 0.2) is 0 Å². The number of thioether (sulfide) groups is 1. The molecule has 3 aliphatic heterocycles. The summed E-state index contributed by atoms with van der Waals surface area (Å²) in [5.74, 6) is -6.95. The highest BCUT2D eigenvalue weighted by Gasteiger charge is 2.43. The first-order valence-electron chi connectivity index (χ1n) is 20.3. The number of urea groups is 1. The maximum absolute atomic E-state index is 13.4. The lowest BCUT2D eigenvalue weighted by atomic mass is 9.92. The van der Waals surface area contributed by atoms with Crippen molar-refractivity contribution in [1.29, 1.82) is 0 Å². The van der Waals surface area contributed by atoms with Gasteiger partial charge in [0.05, 0.1) is 31.6 Å². The van der Waals surface area contributed by atoms with Gasteiger partial charge in [0.1, 0.15) is 18.1 Å². The van der Waals surface area contributed by atoms with Crippen LogP contribution in [0.4, 0.5) is 4.79 Å². The quantitative estimate of drug-likeness (QED) is 0.0189. The molecule has 3 aliphatic rings. The van der Waals surface area contributed by atoms with Gasteiger partial charge >= 0.3 is 12.0 Å². The van der Waals surface area contributed by atoms with Crippen molar-refractivity contribution in [3.8, 4) is 0 Å². The summed E-state index contributed by atoms with van der Waals surface area (Å²) in [7, 11) is 0. The molecule has 12 N–H and O–H groups in total. The molecule has 10 amide bonds. The molecular weight excluding hydrogens is 809 g/mol. The number of hydrogen-bond acceptors (Lipinski definition) is 12. The summed E-state index contributed by atoms with van der Waals surface area (Å²) in [6.07, 6.45) is 3.75. The van der Waals surface area contributed by atoms with E-state index in [-0.39, 0.29) is 55.7 Å². The Kier molecular flexibility index (Phi) is 20.3. The zero-order valence-corrected chi connectivity index (χ0v) is 34.9. The average Bonchev–Trinajstić information content (AvgIpc) is 3.92. The standard InChI is InChI=1S/C37H60N10O12S/c1-20(2)14-21(15-28(49)46-59)36(57)47-13-7-9-25(47)35(56)43-23(16-31(52)53)34(55)41-17-29(50)40-18-30(51)42-22(33(38)54)8-5-6-12-39-27(48)11-4-3-10-26-32-24(19-60-26)44-37(58)45-32/h20-26,32,59H,3-19H2,1-2H3,(H2,38,54)(H,39,48)(H,40,50)(H,41,55)(H,42,51)(H,43,56)(H,46,49)(H,52,53)(H2,44,45,58)/t21?,22-,23-,24-,25-,26-,32-/m0/s1. The average molecular weight is 869 g/mol. The van der Waals surface area contributed by atoms with Crippen LogP contribution >= 0.6 is 11.8 Å². The highest BCUT2D eigenvalue weighted by molar-refractivity contribution is 8.00. The molecule has 0 aromatic carbocycles. The van der Waals surface area contributed by atoms with Crippen molar-refractivity contribution in [2.75, 3.05) is 31.9 Å². The highest BCUT2D eigenvalue weighted by atomic mass is 32.2. The van der Waals surface area contributed by atoms with Gasteiger partial charge in [0.2, 0.25) is 47.3 Å². The van der Waals surface area contributed by atoms with Crippen LogP contribution < -0.4 is 48.4 Å². The van der Waals surface area contributed by atoms with Crippen LogP contribution in [0.3, 0.4) is 0 Å². The summed E-state index contributed by atoms with van der Waals surface area (Å²) in [6.45, 7) is 2.95. The molecule has 23 heteroatoms. The van der Waals surface area contributed by atoms with Crippen molar-refractivity contribution in [2.45, 2.75) is 126 Å². The Morgan fingerprint density at radius 2 is 1.60 bits per heavy atom. The smallest absolute Gasteiger partial charge is 0.315 e. The lowest BCUT2D eigenvalue weighted by molar-refractivity contribution is -0.146. The first kappa shape index (κ1) is 49.2. The number of hydroxylamine groups is 1. The number of hydrogen-bond donors (Lipinski definition) is 11. The summed E-state index contributed by atoms with van der Waals surface area (Å²) in [5.41, 5.74) is 6.95. The number of carbonyl (C=O) groups excluding carboxylic acids is 9. The zero-order chi connectivity index (χ0) is 44.4. The molecule has 3 rings (SSSR count). The van der Waals surface area contributed by atoms with Gasteiger partial charge in [-0.3, -0.25) is 48.4 Å². The first-order valence-corrected chi connectivity index (χ1v) is 21.4. The van der Waals surface area contributed by atoms with Crippen LogP contribution in [-0.2, 0) is 43.2 Å². The van der Waals surface area contributed by atoms with Gasteiger partial charge in [-0.05, 0) is 57.3 Å². The van der Waals surface area contributed by atoms with Crippen molar-refractivity contribution in [3.05, 3.63) is 0 Å². The Balaban J connectivity index is 1.35. The van der Waals surface area contributed by atoms with Gasteiger partial charge in [0.15, 0.2) is 0 Å². The fraction of sp³-hybridized carbons (Fsp3) is 0.730. The number of fused-ring (bicyclic) bond motifs is 1. The van der Waals surface area contributed by atoms with Crippen molar-refractivity contribution in [1.82, 2.24) is 47.6 Å². The van der Waals surface area contributed by atoms with Gasteiger partial charge in [0.25, 0.3) is 0 Å². The SMILES string of the molecule is CC(C)CC(CC(=O)NO)C(=O)N1CCC[C@H]1C(=O)N[C@@H](CC(=O)O)C(=O)NCC(=O)NCC(=O)N[C@@H](CCCCNC(=O)CCCC[C@@H]1SC[C@@H]2NC(=O)N[C@@H]21)C(N)=O. The molecule has 3 heterocycles. The van der Waals surface area contributed by atoms with E-state index < -0.39 is 90.9 Å². The molecule has 336 valence electrons. The molecule has 0 aromatic rings. The third kappa shape index (κ3) is 16.5. The Morgan fingerprint density at radius 1 is 0.867 bits per heavy atom. The number of nitrogens with one attached hydrogen (secondary N) is 8. The molecule has 0 saturated carbocycles. The van der Waals surface area contributed by atoms with Crippen LogP contribution in [0.1, 0.15) is 90.9 Å². The molecule has 3 fully saturated rings. The summed E-state index contributed by atoms with van der Waals surface area (Å²) in [4.78, 5) is 125. The van der Waals surface area contributed by atoms with E-state index in [9.17, 15) is 53.1 Å². The van der Waals surface area contributed by atoms with Crippen LogP contribution in [0.2, 0.25) is 0 Å². The van der Waals surface area contributed by atoms with Gasteiger partial charge < -0.3 is 53.0 Å². The highest BCUT2D eigenvalue weighted by Crippen LogP contribution is 2.33. The number of amides is 10. The number of unbranched alkanes of at least 4 members (excludes halogenated alkanes) is 2. The Morgan fingerprint density at radius 3 is 2.28 bits per heavy atom. The second kappa shape index (κ2) is 24.8. The van der Waals surface area contributed by atoms with E-state index in [1.807, 2.05) is 25.6 Å². The number of aliphatic carboxylic acids is 1. The molecule has 22 nitrogen and oxygen atoms in total. The normalized spacial score (nSPS) is 20.7. The van der Waals surface area contributed by atoms with Crippen LogP contribution in [0.5, 0.6) is 0 Å². The van der Waals surface area contributed by atoms with Gasteiger partial charge in [-0.1, -0.05) is 20.3 Å². The minimum atomic E-state index is -1.63. The molecule has 3 saturated heterocycles. The second-order valence-corrected chi connectivity index (χ2v) is 16.9. The Hall–Kier alpha value is -5.19. The van der Waals surface area contributed by atoms with Gasteiger partial charge in [-0.15, -0.1) is 0 Å². The Labute approximate surface area is 352 Å². The molecule has 60 heavy (non-hydrogen) atoms. The number of nitrogens with two attached hydrogens (primary N) is 1. The molecular formula is C37H60N10O12S. The minimum absolute atomic E-state index is 0.00591. The number of rotatable bonds is 26. The number of carbonyl (C=O) groups is 10. The van der Waals surface area contributed by atoms with Gasteiger partial charge in [0, 0.05) is 42.9 Å². The first-order chi connectivity index (χ1) is 28.5. The number of likely N-dealkylation sites (tertiary alicyclic amines) is 1. The lowest BCUT2D eigenvalue weighted by Crippen LogP contribution is -2.55. The molecule has 0 radical (unpaired) electrons. The fourth-order valence-electron chi connectivity index (χ4n) is 7.43. The molecule has 0 aromatic heterocycles. The number of carboxylic acids is 1. The largest absolute Gasteiger partial charge is 0.481 e. The summed E-state index contributed by atoms with van der Waals surface area (Å²) in [6, 6.07) is -3.58. The maximum atomic E-state index is 13.4. The van der Waals surface area contributed by atoms with E-state index in [2.05, 4.69) is 37.2 Å². The molecule has 0 aliphatic carbocycles. The summed E-state index contributed by atoms with van der Waals surface area (Å²) in [5, 5.41) is 36.7. The third-order valence-electron chi connectivity index (χ3n) is 10.4. The summed E-state index contributed by atoms with van der Waals surface area (Å²) >= 11 is 1.83. The number of nitrogens with zero attached hydrogens (tertiary/aromatic N) is 1. The van der Waals surface area contributed by atoms with Crippen LogP contribution in [0.25, 0.3) is 0 Å². The van der Waals surface area contributed by atoms with E-state index in [0.717, 1.165) is 18.6 Å². The van der Waals surface area contributed by atoms with Crippen molar-refractivity contribution >= 4 is 71.0 Å². The third-order valence-corrected chi connectivity index (χ3v) is 11.9. The predicted molar refractivity (Wildman–Crippen MR) is 214 cm³/mol. The van der Waals surface area contributed by atoms with Gasteiger partial charge in [-0.25, -0.2) is 10.3 Å². The maximum Gasteiger partial charge on any atom is 0.315 e. The van der Waals surface area contributed by atoms with Gasteiger partial charge in [-0.2, -0.15) is 11.8 Å². The second-order valence-electron chi connectivity index (χ2n) is 15.6. The zero-order valence-electron chi connectivity index (χ0n) is 34.0. The van der Waals surface area contributed by atoms with E-state index >= 15 is 0 Å². The monoisotopic (exact) mass is 868 g/mol. The molecule has 0 bridgehead atoms. The van der Waals surface area contributed by atoms with Crippen molar-refractivity contribution in [3.63, 3.8) is 0 Å². The fourth-order valence-corrected chi connectivity index (χ4v) is 8.97. The number of carboxylic acid groups (broad SMARTS) is 1. The van der Waals surface area contributed by atoms with Crippen molar-refractivity contribution < 1.29 is 58.3 Å². The van der Waals surface area contributed by atoms with Crippen LogP contribution in [-0.4, -0.2) is 142 Å². The number of primary amides is 1. The lowest BCUT2D eigenvalue weighted by Gasteiger charge is -2.29. The van der Waals surface area contributed by atoms with Crippen molar-refractivity contribution in [2.24, 2.45) is 17.6 Å². The van der Waals surface area contributed by atoms with E-state index in [4.69, 9.17) is 10.9 Å². The molecule has 1 unspecified atom stereocenters. The topological polar surface area (TPSA) is 337 Å². The van der Waals surface area contributed by atoms with E-state index in [1.54, 1.807) is 0 Å². The minimum Gasteiger partial charge on any atom is -0.481 e. The molecule has 0 spiro atoms. The Bertz CT molecular complexity index is 1580. The van der Waals surface area contributed by atoms with E-state index in [1.165, 1.54) is 10.4 Å². The van der Waals surface area contributed by atoms with Crippen LogP contribution in [0, 0.1) is 11.8 Å². The molecule has 7 atom stereocenters. The van der Waals surface area contributed by atoms with E-state index in [0.29, 0.717) is 50.3 Å². The summed E-state index contributed by atoms with van der Waals surface area (Å²) < 4.78 is 0.